The Hall–Kier alpha value is -3.58. The molecule has 0 unspecified atom stereocenters. The first-order valence-electron chi connectivity index (χ1n) is 13.8. The average Bonchev–Trinajstić information content (AvgIpc) is 2.99. The minimum Gasteiger partial charge on any atom is -0.495 e. The highest BCUT2D eigenvalue weighted by Gasteiger charge is 2.35. The fourth-order valence-electron chi connectivity index (χ4n) is 4.40. The summed E-state index contributed by atoms with van der Waals surface area (Å²) in [5.74, 6) is -1.16. The number of benzene rings is 3. The highest BCUT2D eigenvalue weighted by molar-refractivity contribution is 7.92. The smallest absolute Gasteiger partial charge is 0.273 e. The number of hydrogen-bond acceptors (Lipinski definition) is 7. The first-order chi connectivity index (χ1) is 21.2. The first-order valence-corrected chi connectivity index (χ1v) is 16.4. The molecule has 11 nitrogen and oxygen atoms in total. The summed E-state index contributed by atoms with van der Waals surface area (Å²) in [4.78, 5) is 39.0. The number of nitrogens with zero attached hydrogens (tertiary/aromatic N) is 3. The number of rotatable bonds is 14. The fraction of sp³-hybridized carbons (Fsp3) is 0.333. The monoisotopic (exact) mass is 698 g/mol. The van der Waals surface area contributed by atoms with E-state index in [0.29, 0.717) is 17.1 Å². The van der Waals surface area contributed by atoms with Gasteiger partial charge in [-0.25, -0.2) is 8.42 Å². The lowest BCUT2D eigenvalue weighted by Crippen LogP contribution is -2.51. The van der Waals surface area contributed by atoms with E-state index in [1.165, 1.54) is 62.3 Å². The lowest BCUT2D eigenvalue weighted by molar-refractivity contribution is -0.385. The highest BCUT2D eigenvalue weighted by atomic mass is 35.5. The number of nitro benzene ring substituents is 1. The van der Waals surface area contributed by atoms with E-state index >= 15 is 0 Å². The van der Waals surface area contributed by atoms with Gasteiger partial charge >= 0.3 is 0 Å². The zero-order chi connectivity index (χ0) is 33.5. The maximum Gasteiger partial charge on any atom is 0.273 e. The van der Waals surface area contributed by atoms with Crippen LogP contribution in [0.1, 0.15) is 37.8 Å². The molecule has 3 rings (SSSR count). The SMILES string of the molecule is CCCCNC(=O)[C@@H](C)N(Cc1ccc(Cl)cc1Cl)C(=O)CN(c1cc(Cl)ccc1OC)S(=O)(=O)c1ccc(C)c([N+](=O)[O-])c1. The summed E-state index contributed by atoms with van der Waals surface area (Å²) < 4.78 is 34.6. The van der Waals surface area contributed by atoms with Crippen LogP contribution in [0.5, 0.6) is 5.75 Å². The molecule has 0 saturated carbocycles. The van der Waals surface area contributed by atoms with E-state index in [4.69, 9.17) is 39.5 Å². The number of anilines is 1. The third kappa shape index (κ3) is 8.78. The lowest BCUT2D eigenvalue weighted by Gasteiger charge is -2.32. The summed E-state index contributed by atoms with van der Waals surface area (Å²) in [5, 5.41) is 15.2. The third-order valence-corrected chi connectivity index (χ3v) is 9.58. The van der Waals surface area contributed by atoms with Gasteiger partial charge in [-0.3, -0.25) is 24.0 Å². The van der Waals surface area contributed by atoms with Crippen molar-refractivity contribution < 1.29 is 27.7 Å². The van der Waals surface area contributed by atoms with Crippen molar-refractivity contribution in [3.63, 3.8) is 0 Å². The third-order valence-electron chi connectivity index (χ3n) is 7.01. The Balaban J connectivity index is 2.15. The number of nitro groups is 1. The Morgan fingerprint density at radius 2 is 1.71 bits per heavy atom. The summed E-state index contributed by atoms with van der Waals surface area (Å²) in [6, 6.07) is 11.3. The van der Waals surface area contributed by atoms with Crippen molar-refractivity contribution in [2.45, 2.75) is 51.1 Å². The zero-order valence-electron chi connectivity index (χ0n) is 25.1. The molecule has 0 aromatic heterocycles. The second-order valence-corrected chi connectivity index (χ2v) is 13.3. The Morgan fingerprint density at radius 1 is 1.04 bits per heavy atom. The van der Waals surface area contributed by atoms with E-state index in [1.54, 1.807) is 12.1 Å². The van der Waals surface area contributed by atoms with Crippen molar-refractivity contribution in [2.24, 2.45) is 0 Å². The van der Waals surface area contributed by atoms with Crippen molar-refractivity contribution in [1.29, 1.82) is 0 Å². The summed E-state index contributed by atoms with van der Waals surface area (Å²) in [6.45, 7) is 4.37. The number of carbonyl (C=O) groups is 2. The number of sulfonamides is 1. The van der Waals surface area contributed by atoms with Crippen LogP contribution in [0.25, 0.3) is 0 Å². The van der Waals surface area contributed by atoms with Crippen molar-refractivity contribution in [3.05, 3.63) is 90.9 Å². The molecule has 1 N–H and O–H groups in total. The molecule has 15 heteroatoms. The predicted octanol–water partition coefficient (Wildman–Crippen LogP) is 6.40. The number of halogens is 3. The number of hydrogen-bond donors (Lipinski definition) is 1. The molecule has 0 aliphatic heterocycles. The summed E-state index contributed by atoms with van der Waals surface area (Å²) in [6.07, 6.45) is 1.56. The van der Waals surface area contributed by atoms with Crippen LogP contribution in [-0.2, 0) is 26.2 Å². The predicted molar refractivity (Wildman–Crippen MR) is 175 cm³/mol. The van der Waals surface area contributed by atoms with Gasteiger partial charge in [-0.2, -0.15) is 0 Å². The Kier molecular flexibility index (Phi) is 12.5. The van der Waals surface area contributed by atoms with E-state index < -0.39 is 49.9 Å². The van der Waals surface area contributed by atoms with Crippen molar-refractivity contribution in [2.75, 3.05) is 24.5 Å². The van der Waals surface area contributed by atoms with Crippen LogP contribution in [0.15, 0.2) is 59.5 Å². The molecule has 0 fully saturated rings. The Bertz CT molecular complexity index is 1690. The van der Waals surface area contributed by atoms with Crippen LogP contribution < -0.4 is 14.4 Å². The minimum absolute atomic E-state index is 0.0649. The van der Waals surface area contributed by atoms with Crippen LogP contribution in [0.4, 0.5) is 11.4 Å². The van der Waals surface area contributed by atoms with Crippen LogP contribution in [0, 0.1) is 17.0 Å². The average molecular weight is 700 g/mol. The fourth-order valence-corrected chi connectivity index (χ4v) is 6.47. The highest BCUT2D eigenvalue weighted by Crippen LogP contribution is 2.36. The van der Waals surface area contributed by atoms with Crippen LogP contribution in [0.2, 0.25) is 15.1 Å². The topological polar surface area (TPSA) is 139 Å². The van der Waals surface area contributed by atoms with Gasteiger partial charge in [-0.05, 0) is 62.2 Å². The van der Waals surface area contributed by atoms with E-state index in [-0.39, 0.29) is 33.6 Å². The molecule has 2 amide bonds. The maximum absolute atomic E-state index is 14.2. The van der Waals surface area contributed by atoms with E-state index in [1.807, 2.05) is 6.92 Å². The number of carbonyl (C=O) groups excluding carboxylic acids is 2. The number of aryl methyl sites for hydroxylation is 1. The second-order valence-electron chi connectivity index (χ2n) is 10.1. The number of unbranched alkanes of at least 4 members (excludes halogenated alkanes) is 1. The van der Waals surface area contributed by atoms with E-state index in [9.17, 15) is 28.1 Å². The number of nitrogens with one attached hydrogen (secondary N) is 1. The van der Waals surface area contributed by atoms with Gasteiger partial charge in [0.1, 0.15) is 18.3 Å². The van der Waals surface area contributed by atoms with Crippen LogP contribution in [0.3, 0.4) is 0 Å². The molecule has 1 atom stereocenters. The maximum atomic E-state index is 14.2. The minimum atomic E-state index is -4.66. The van der Waals surface area contributed by atoms with Crippen LogP contribution >= 0.6 is 34.8 Å². The molecule has 0 spiro atoms. The van der Waals surface area contributed by atoms with Crippen molar-refractivity contribution in [3.8, 4) is 5.75 Å². The second kappa shape index (κ2) is 15.6. The number of ether oxygens (including phenoxy) is 1. The zero-order valence-corrected chi connectivity index (χ0v) is 28.1. The van der Waals surface area contributed by atoms with Gasteiger partial charge in [0.15, 0.2) is 0 Å². The molecule has 0 aliphatic rings. The normalized spacial score (nSPS) is 11.9. The van der Waals surface area contributed by atoms with Crippen LogP contribution in [-0.4, -0.2) is 56.3 Å². The molecular formula is C30H33Cl3N4O7S. The Labute approximate surface area is 277 Å². The first kappa shape index (κ1) is 35.9. The summed E-state index contributed by atoms with van der Waals surface area (Å²) >= 11 is 18.7. The van der Waals surface area contributed by atoms with Gasteiger partial charge in [0.25, 0.3) is 15.7 Å². The molecule has 0 saturated heterocycles. The van der Waals surface area contributed by atoms with E-state index in [0.717, 1.165) is 23.2 Å². The Morgan fingerprint density at radius 3 is 2.33 bits per heavy atom. The van der Waals surface area contributed by atoms with Gasteiger partial charge in [0, 0.05) is 39.8 Å². The van der Waals surface area contributed by atoms with Gasteiger partial charge in [0.05, 0.1) is 22.6 Å². The quantitative estimate of drug-likeness (QED) is 0.117. The molecule has 3 aromatic rings. The molecule has 242 valence electrons. The van der Waals surface area contributed by atoms with Gasteiger partial charge < -0.3 is 15.0 Å². The molecule has 0 heterocycles. The van der Waals surface area contributed by atoms with Gasteiger partial charge in [-0.15, -0.1) is 0 Å². The van der Waals surface area contributed by atoms with Crippen molar-refractivity contribution >= 4 is 68.0 Å². The molecule has 0 radical (unpaired) electrons. The number of amides is 2. The molecule has 45 heavy (non-hydrogen) atoms. The summed E-state index contributed by atoms with van der Waals surface area (Å²) in [5.41, 5.74) is 0.199. The van der Waals surface area contributed by atoms with Gasteiger partial charge in [-0.1, -0.05) is 60.3 Å². The number of methoxy groups -OCH3 is 1. The lowest BCUT2D eigenvalue weighted by atomic mass is 10.1. The molecule has 0 bridgehead atoms. The van der Waals surface area contributed by atoms with Crippen molar-refractivity contribution in [1.82, 2.24) is 10.2 Å². The molecule has 0 aliphatic carbocycles. The van der Waals surface area contributed by atoms with Gasteiger partial charge in [0.2, 0.25) is 11.8 Å². The van der Waals surface area contributed by atoms with E-state index in [2.05, 4.69) is 5.32 Å². The largest absolute Gasteiger partial charge is 0.495 e. The molecule has 3 aromatic carbocycles. The molecular weight excluding hydrogens is 667 g/mol. The summed E-state index contributed by atoms with van der Waals surface area (Å²) in [7, 11) is -3.34. The standard InChI is InChI=1S/C30H33Cl3N4O7S/c1-5-6-13-34-30(39)20(3)35(17-21-8-9-22(31)14-25(21)33)29(38)18-36(27-15-23(32)10-12-28(27)44-4)45(42,43)24-11-7-19(2)26(16-24)37(40)41/h7-12,14-16,20H,5-6,13,17-18H2,1-4H3,(H,34,39)/t20-/m1/s1.